The van der Waals surface area contributed by atoms with Gasteiger partial charge >= 0.3 is 0 Å². The van der Waals surface area contributed by atoms with Gasteiger partial charge in [-0.25, -0.2) is 0 Å². The van der Waals surface area contributed by atoms with E-state index in [2.05, 4.69) is 36.2 Å². The summed E-state index contributed by atoms with van der Waals surface area (Å²) in [5, 5.41) is 13.9. The van der Waals surface area contributed by atoms with Gasteiger partial charge in [-0.05, 0) is 40.2 Å². The molecule has 0 fully saturated rings. The third-order valence-corrected chi connectivity index (χ3v) is 5.28. The van der Waals surface area contributed by atoms with E-state index in [1.165, 1.54) is 11.3 Å². The van der Waals surface area contributed by atoms with E-state index >= 15 is 0 Å². The molecule has 0 saturated carbocycles. The minimum atomic E-state index is 0.771. The molecule has 4 aromatic rings. The normalized spacial score (nSPS) is 11.2. The van der Waals surface area contributed by atoms with Gasteiger partial charge in [0.05, 0.1) is 8.66 Å². The largest absolute Gasteiger partial charge is 0.265 e. The average Bonchev–Trinajstić information content (AvgIpc) is 3.14. The fourth-order valence-electron chi connectivity index (χ4n) is 1.82. The number of halogens is 1. The van der Waals surface area contributed by atoms with Crippen LogP contribution < -0.4 is 0 Å². The van der Waals surface area contributed by atoms with Crippen LogP contribution in [0.4, 0.5) is 0 Å². The van der Waals surface area contributed by atoms with E-state index in [9.17, 15) is 0 Å². The van der Waals surface area contributed by atoms with Crippen molar-refractivity contribution in [2.24, 2.45) is 0 Å². The van der Waals surface area contributed by atoms with E-state index in [0.717, 1.165) is 30.0 Å². The van der Waals surface area contributed by atoms with E-state index in [1.807, 2.05) is 24.3 Å². The van der Waals surface area contributed by atoms with Crippen LogP contribution in [0, 0.1) is 0 Å². The molecule has 0 atom stereocenters. The van der Waals surface area contributed by atoms with Gasteiger partial charge in [0.25, 0.3) is 0 Å². The fraction of sp³-hybridized carbons (Fsp3) is 0. The summed E-state index contributed by atoms with van der Waals surface area (Å²) in [5.41, 5.74) is 1.04. The molecule has 0 N–H and O–H groups in total. The summed E-state index contributed by atoms with van der Waals surface area (Å²) < 4.78 is 2.85. The first-order valence-corrected chi connectivity index (χ1v) is 8.12. The molecule has 0 aliphatic rings. The molecule has 4 rings (SSSR count). The summed E-state index contributed by atoms with van der Waals surface area (Å²) in [5.74, 6) is 0.771. The lowest BCUT2D eigenvalue weighted by Crippen LogP contribution is -1.88. The van der Waals surface area contributed by atoms with E-state index in [1.54, 1.807) is 28.2 Å². The Kier molecular flexibility index (Phi) is 2.86. The minimum Gasteiger partial charge on any atom is -0.265 e. The topological polar surface area (TPSA) is 56.0 Å². The smallest absolute Gasteiger partial charge is 0.235 e. The number of thiophene rings is 1. The molecule has 0 unspecified atom stereocenters. The molecular weight excluding hydrogens is 358 g/mol. The maximum Gasteiger partial charge on any atom is 0.235 e. The number of rotatable bonds is 2. The molecule has 4 heterocycles. The van der Waals surface area contributed by atoms with E-state index in [0.29, 0.717) is 0 Å². The van der Waals surface area contributed by atoms with Crippen molar-refractivity contribution in [3.63, 3.8) is 0 Å². The molecule has 5 nitrogen and oxygen atoms in total. The van der Waals surface area contributed by atoms with E-state index in [4.69, 9.17) is 0 Å². The van der Waals surface area contributed by atoms with Gasteiger partial charge in [-0.15, -0.1) is 21.5 Å². The lowest BCUT2D eigenvalue weighted by atomic mass is 10.3. The molecule has 0 aliphatic carbocycles. The summed E-state index contributed by atoms with van der Waals surface area (Å²) in [7, 11) is 0. The predicted octanol–water partition coefficient (Wildman–Crippen LogP) is 3.74. The van der Waals surface area contributed by atoms with Gasteiger partial charge in [-0.2, -0.15) is 9.61 Å². The quantitative estimate of drug-likeness (QED) is 0.544. The van der Waals surface area contributed by atoms with Crippen LogP contribution in [0.1, 0.15) is 0 Å². The van der Waals surface area contributed by atoms with Crippen molar-refractivity contribution >= 4 is 43.6 Å². The second-order valence-corrected chi connectivity index (χ2v) is 7.38. The van der Waals surface area contributed by atoms with Gasteiger partial charge in [0.15, 0.2) is 5.82 Å². The summed E-state index contributed by atoms with van der Waals surface area (Å²) in [6.45, 7) is 0. The van der Waals surface area contributed by atoms with Crippen LogP contribution in [0.2, 0.25) is 0 Å². The third-order valence-electron chi connectivity index (χ3n) is 2.71. The molecule has 0 amide bonds. The fourth-order valence-corrected chi connectivity index (χ4v) is 4.02. The predicted molar refractivity (Wildman–Crippen MR) is 82.9 cm³/mol. The molecule has 8 heteroatoms. The summed E-state index contributed by atoms with van der Waals surface area (Å²) in [6.07, 6.45) is 3.52. The van der Waals surface area contributed by atoms with Crippen LogP contribution in [0.15, 0.2) is 40.4 Å². The highest BCUT2D eigenvalue weighted by Crippen LogP contribution is 2.32. The monoisotopic (exact) mass is 363 g/mol. The van der Waals surface area contributed by atoms with Crippen molar-refractivity contribution in [1.29, 1.82) is 0 Å². The Labute approximate surface area is 130 Å². The SMILES string of the molecule is Brc1ccc(-c2nnc3sc(-c4ccncc4)nn23)s1. The molecule has 0 radical (unpaired) electrons. The molecule has 0 spiro atoms. The van der Waals surface area contributed by atoms with Gasteiger partial charge in [0, 0.05) is 18.0 Å². The van der Waals surface area contributed by atoms with Gasteiger partial charge in [0.2, 0.25) is 4.96 Å². The second-order valence-electron chi connectivity index (χ2n) is 3.96. The first-order valence-electron chi connectivity index (χ1n) is 5.69. The van der Waals surface area contributed by atoms with Gasteiger partial charge < -0.3 is 0 Å². The number of hydrogen-bond donors (Lipinski definition) is 0. The Morgan fingerprint density at radius 1 is 1.00 bits per heavy atom. The van der Waals surface area contributed by atoms with Crippen LogP contribution >= 0.6 is 38.6 Å². The Morgan fingerprint density at radius 3 is 2.60 bits per heavy atom. The Bertz CT molecular complexity index is 880. The molecule has 0 aromatic carbocycles. The molecule has 0 aliphatic heterocycles. The molecule has 20 heavy (non-hydrogen) atoms. The van der Waals surface area contributed by atoms with Crippen molar-refractivity contribution in [2.45, 2.75) is 0 Å². The highest BCUT2D eigenvalue weighted by Gasteiger charge is 2.15. The second kappa shape index (κ2) is 4.72. The van der Waals surface area contributed by atoms with Gasteiger partial charge in [-0.1, -0.05) is 11.3 Å². The number of nitrogens with zero attached hydrogens (tertiary/aromatic N) is 5. The van der Waals surface area contributed by atoms with Crippen LogP contribution in [0.25, 0.3) is 26.2 Å². The van der Waals surface area contributed by atoms with Crippen molar-refractivity contribution in [3.05, 3.63) is 40.4 Å². The summed E-state index contributed by atoms with van der Waals surface area (Å²) >= 11 is 6.59. The number of hydrogen-bond acceptors (Lipinski definition) is 6. The minimum absolute atomic E-state index is 0.771. The van der Waals surface area contributed by atoms with Crippen molar-refractivity contribution in [3.8, 4) is 21.3 Å². The number of aromatic nitrogens is 5. The zero-order valence-electron chi connectivity index (χ0n) is 9.89. The average molecular weight is 364 g/mol. The van der Waals surface area contributed by atoms with Crippen LogP contribution in [0.5, 0.6) is 0 Å². The van der Waals surface area contributed by atoms with Crippen molar-refractivity contribution < 1.29 is 0 Å². The molecular formula is C12H6BrN5S2. The standard InChI is InChI=1S/C12H6BrN5S2/c13-9-2-1-8(19-9)10-15-16-12-18(10)17-11(20-12)7-3-5-14-6-4-7/h1-6H. The molecule has 0 saturated heterocycles. The Balaban J connectivity index is 1.87. The van der Waals surface area contributed by atoms with Crippen LogP contribution in [0.3, 0.4) is 0 Å². The highest BCUT2D eigenvalue weighted by molar-refractivity contribution is 9.11. The Hall–Kier alpha value is -1.64. The van der Waals surface area contributed by atoms with E-state index in [-0.39, 0.29) is 0 Å². The zero-order valence-corrected chi connectivity index (χ0v) is 13.1. The first-order chi connectivity index (χ1) is 9.81. The van der Waals surface area contributed by atoms with Crippen LogP contribution in [-0.4, -0.2) is 24.8 Å². The molecule has 4 aromatic heterocycles. The lowest BCUT2D eigenvalue weighted by Gasteiger charge is -1.93. The van der Waals surface area contributed by atoms with Gasteiger partial charge in [-0.3, -0.25) is 4.98 Å². The maximum absolute atomic E-state index is 4.60. The van der Waals surface area contributed by atoms with Gasteiger partial charge in [0.1, 0.15) is 5.01 Å². The number of pyridine rings is 1. The molecule has 0 bridgehead atoms. The number of fused-ring (bicyclic) bond motifs is 1. The third kappa shape index (κ3) is 1.96. The summed E-state index contributed by atoms with van der Waals surface area (Å²) in [4.78, 5) is 5.85. The summed E-state index contributed by atoms with van der Waals surface area (Å²) in [6, 6.07) is 7.88. The molecule has 98 valence electrons. The van der Waals surface area contributed by atoms with E-state index < -0.39 is 0 Å². The van der Waals surface area contributed by atoms with Crippen molar-refractivity contribution in [1.82, 2.24) is 24.8 Å². The maximum atomic E-state index is 4.60. The van der Waals surface area contributed by atoms with Crippen LogP contribution in [-0.2, 0) is 0 Å². The zero-order chi connectivity index (χ0) is 13.5. The first kappa shape index (κ1) is 12.1. The lowest BCUT2D eigenvalue weighted by molar-refractivity contribution is 0.974. The highest BCUT2D eigenvalue weighted by atomic mass is 79.9. The van der Waals surface area contributed by atoms with Crippen molar-refractivity contribution in [2.75, 3.05) is 0 Å². The Morgan fingerprint density at radius 2 is 1.85 bits per heavy atom.